The number of aliphatic carboxylic acids is 1. The van der Waals surface area contributed by atoms with Crippen molar-refractivity contribution in [2.45, 2.75) is 36.3 Å². The van der Waals surface area contributed by atoms with Crippen molar-refractivity contribution >= 4 is 23.6 Å². The summed E-state index contributed by atoms with van der Waals surface area (Å²) in [6, 6.07) is 18.1. The number of nitrogens with zero attached hydrogens (tertiary/aromatic N) is 1. The first kappa shape index (κ1) is 19.5. The zero-order valence-electron chi connectivity index (χ0n) is 15.3. The summed E-state index contributed by atoms with van der Waals surface area (Å²) in [5, 5.41) is 8.86. The van der Waals surface area contributed by atoms with Crippen molar-refractivity contribution in [2.24, 2.45) is 5.92 Å². The monoisotopic (exact) mass is 383 g/mol. The molecule has 0 radical (unpaired) electrons. The standard InChI is InChI=1S/C22H25NO3S/c24-21(25)13-10-17-5-4-14-23(15-17)22(26)19-11-8-18(9-12-19)16-27-20-6-2-1-3-7-20/h1-3,6-9,11-12,17H,4-5,10,13-16H2,(H,24,25). The molecule has 2 aromatic rings. The minimum absolute atomic E-state index is 0.0530. The fourth-order valence-electron chi connectivity index (χ4n) is 3.42. The molecule has 0 aromatic heterocycles. The van der Waals surface area contributed by atoms with Crippen LogP contribution in [0.5, 0.6) is 0 Å². The maximum atomic E-state index is 12.8. The van der Waals surface area contributed by atoms with Gasteiger partial charge in [0.15, 0.2) is 0 Å². The van der Waals surface area contributed by atoms with Gasteiger partial charge in [0.2, 0.25) is 0 Å². The van der Waals surface area contributed by atoms with Gasteiger partial charge in [-0.15, -0.1) is 11.8 Å². The third-order valence-corrected chi connectivity index (χ3v) is 6.01. The third-order valence-electron chi connectivity index (χ3n) is 4.92. The summed E-state index contributed by atoms with van der Waals surface area (Å²) in [6.07, 6.45) is 2.78. The van der Waals surface area contributed by atoms with Crippen LogP contribution in [-0.2, 0) is 10.5 Å². The zero-order chi connectivity index (χ0) is 19.1. The predicted molar refractivity (Wildman–Crippen MR) is 108 cm³/mol. The highest BCUT2D eigenvalue weighted by Crippen LogP contribution is 2.24. The van der Waals surface area contributed by atoms with E-state index in [1.165, 1.54) is 10.5 Å². The van der Waals surface area contributed by atoms with E-state index in [1.54, 1.807) is 11.8 Å². The van der Waals surface area contributed by atoms with Gasteiger partial charge in [-0.1, -0.05) is 30.3 Å². The number of amides is 1. The van der Waals surface area contributed by atoms with Gasteiger partial charge in [-0.2, -0.15) is 0 Å². The van der Waals surface area contributed by atoms with Crippen molar-refractivity contribution in [3.63, 3.8) is 0 Å². The summed E-state index contributed by atoms with van der Waals surface area (Å²) < 4.78 is 0. The number of hydrogen-bond acceptors (Lipinski definition) is 3. The average molecular weight is 384 g/mol. The van der Waals surface area contributed by atoms with Crippen LogP contribution in [0.15, 0.2) is 59.5 Å². The second-order valence-corrected chi connectivity index (χ2v) is 8.04. The molecule has 1 fully saturated rings. The quantitative estimate of drug-likeness (QED) is 0.705. The molecular formula is C22H25NO3S. The molecule has 1 atom stereocenters. The van der Waals surface area contributed by atoms with Gasteiger partial charge in [0.05, 0.1) is 0 Å². The molecule has 142 valence electrons. The molecule has 4 nitrogen and oxygen atoms in total. The van der Waals surface area contributed by atoms with E-state index in [-0.39, 0.29) is 12.3 Å². The minimum atomic E-state index is -0.762. The summed E-state index contributed by atoms with van der Waals surface area (Å²) in [7, 11) is 0. The van der Waals surface area contributed by atoms with E-state index in [1.807, 2.05) is 47.4 Å². The van der Waals surface area contributed by atoms with Gasteiger partial charge in [0.1, 0.15) is 0 Å². The highest BCUT2D eigenvalue weighted by Gasteiger charge is 2.24. The fraction of sp³-hybridized carbons (Fsp3) is 0.364. The molecule has 5 heteroatoms. The van der Waals surface area contributed by atoms with E-state index in [0.29, 0.717) is 24.4 Å². The number of thioether (sulfide) groups is 1. The van der Waals surface area contributed by atoms with Gasteiger partial charge in [-0.05, 0) is 55.0 Å². The lowest BCUT2D eigenvalue weighted by molar-refractivity contribution is -0.137. The van der Waals surface area contributed by atoms with Crippen LogP contribution in [0.25, 0.3) is 0 Å². The number of benzene rings is 2. The van der Waals surface area contributed by atoms with Crippen LogP contribution in [0.1, 0.15) is 41.6 Å². The van der Waals surface area contributed by atoms with Gasteiger partial charge >= 0.3 is 5.97 Å². The number of carbonyl (C=O) groups excluding carboxylic acids is 1. The number of hydrogen-bond donors (Lipinski definition) is 1. The van der Waals surface area contributed by atoms with Crippen molar-refractivity contribution in [2.75, 3.05) is 13.1 Å². The molecule has 27 heavy (non-hydrogen) atoms. The van der Waals surface area contributed by atoms with Crippen molar-refractivity contribution < 1.29 is 14.7 Å². The number of carboxylic acid groups (broad SMARTS) is 1. The number of rotatable bonds is 7. The van der Waals surface area contributed by atoms with Gasteiger partial charge in [-0.3, -0.25) is 9.59 Å². The van der Waals surface area contributed by atoms with Crippen LogP contribution < -0.4 is 0 Å². The predicted octanol–water partition coefficient (Wildman–Crippen LogP) is 4.70. The topological polar surface area (TPSA) is 57.6 Å². The summed E-state index contributed by atoms with van der Waals surface area (Å²) in [5.74, 6) is 0.458. The van der Waals surface area contributed by atoms with E-state index >= 15 is 0 Å². The van der Waals surface area contributed by atoms with Crippen LogP contribution in [-0.4, -0.2) is 35.0 Å². The molecular weight excluding hydrogens is 358 g/mol. The van der Waals surface area contributed by atoms with Crippen LogP contribution in [0, 0.1) is 5.92 Å². The highest BCUT2D eigenvalue weighted by atomic mass is 32.2. The maximum absolute atomic E-state index is 12.8. The van der Waals surface area contributed by atoms with E-state index < -0.39 is 5.97 Å². The molecule has 1 heterocycles. The summed E-state index contributed by atoms with van der Waals surface area (Å²) in [4.78, 5) is 26.7. The van der Waals surface area contributed by atoms with Crippen LogP contribution in [0.3, 0.4) is 0 Å². The van der Waals surface area contributed by atoms with Gasteiger partial charge in [0.25, 0.3) is 5.91 Å². The molecule has 1 saturated heterocycles. The summed E-state index contributed by atoms with van der Waals surface area (Å²) in [6.45, 7) is 1.42. The number of piperidine rings is 1. The second kappa shape index (κ2) is 9.60. The molecule has 2 aromatic carbocycles. The van der Waals surface area contributed by atoms with Crippen LogP contribution in [0.2, 0.25) is 0 Å². The van der Waals surface area contributed by atoms with Crippen LogP contribution in [0.4, 0.5) is 0 Å². The maximum Gasteiger partial charge on any atom is 0.303 e. The molecule has 1 N–H and O–H groups in total. The summed E-state index contributed by atoms with van der Waals surface area (Å²) >= 11 is 1.78. The highest BCUT2D eigenvalue weighted by molar-refractivity contribution is 7.98. The molecule has 1 unspecified atom stereocenters. The molecule has 0 bridgehead atoms. The van der Waals surface area contributed by atoms with Gasteiger partial charge in [-0.25, -0.2) is 0 Å². The Balaban J connectivity index is 1.54. The number of likely N-dealkylation sites (tertiary alicyclic amines) is 1. The Hall–Kier alpha value is -2.27. The minimum Gasteiger partial charge on any atom is -0.481 e. The molecule has 0 saturated carbocycles. The van der Waals surface area contributed by atoms with Gasteiger partial charge in [0, 0.05) is 35.7 Å². The first-order chi connectivity index (χ1) is 13.1. The Bertz CT molecular complexity index is 761. The number of carboxylic acids is 1. The molecule has 1 aliphatic rings. The smallest absolute Gasteiger partial charge is 0.303 e. The Morgan fingerprint density at radius 2 is 1.81 bits per heavy atom. The zero-order valence-corrected chi connectivity index (χ0v) is 16.2. The Labute approximate surface area is 164 Å². The molecule has 0 aliphatic carbocycles. The number of carbonyl (C=O) groups is 2. The molecule has 0 spiro atoms. The third kappa shape index (κ3) is 5.86. The lowest BCUT2D eigenvalue weighted by Gasteiger charge is -2.32. The largest absolute Gasteiger partial charge is 0.481 e. The van der Waals surface area contributed by atoms with Crippen molar-refractivity contribution in [3.8, 4) is 0 Å². The summed E-state index contributed by atoms with van der Waals surface area (Å²) in [5.41, 5.74) is 1.90. The van der Waals surface area contributed by atoms with Crippen molar-refractivity contribution in [3.05, 3.63) is 65.7 Å². The molecule has 3 rings (SSSR count). The Kier molecular flexibility index (Phi) is 6.93. The second-order valence-electron chi connectivity index (χ2n) is 6.99. The van der Waals surface area contributed by atoms with Gasteiger partial charge < -0.3 is 10.0 Å². The van der Waals surface area contributed by atoms with E-state index in [2.05, 4.69) is 12.1 Å². The first-order valence-electron chi connectivity index (χ1n) is 9.39. The average Bonchev–Trinajstić information content (AvgIpc) is 2.71. The molecule has 1 aliphatic heterocycles. The SMILES string of the molecule is O=C(O)CCC1CCCN(C(=O)c2ccc(CSc3ccccc3)cc2)C1. The normalized spacial score (nSPS) is 16.9. The van der Waals surface area contributed by atoms with Crippen LogP contribution >= 0.6 is 11.8 Å². The van der Waals surface area contributed by atoms with E-state index in [9.17, 15) is 9.59 Å². The van der Waals surface area contributed by atoms with E-state index in [0.717, 1.165) is 25.1 Å². The fourth-order valence-corrected chi connectivity index (χ4v) is 4.30. The Morgan fingerprint density at radius 1 is 1.07 bits per heavy atom. The lowest BCUT2D eigenvalue weighted by Crippen LogP contribution is -2.40. The van der Waals surface area contributed by atoms with E-state index in [4.69, 9.17) is 5.11 Å². The molecule has 1 amide bonds. The lowest BCUT2D eigenvalue weighted by atomic mass is 9.93. The van der Waals surface area contributed by atoms with Crippen molar-refractivity contribution in [1.82, 2.24) is 4.90 Å². The first-order valence-corrected chi connectivity index (χ1v) is 10.4. The Morgan fingerprint density at radius 3 is 2.52 bits per heavy atom. The van der Waals surface area contributed by atoms with Crippen molar-refractivity contribution in [1.29, 1.82) is 0 Å².